The maximum atomic E-state index is 10.4. The first-order chi connectivity index (χ1) is 6.70. The van der Waals surface area contributed by atoms with Crippen LogP contribution in [0.5, 0.6) is 0 Å². The van der Waals surface area contributed by atoms with Crippen molar-refractivity contribution in [1.82, 2.24) is 14.8 Å². The minimum Gasteiger partial charge on any atom is -0.480 e. The van der Waals surface area contributed by atoms with Gasteiger partial charge in [-0.15, -0.1) is 0 Å². The van der Waals surface area contributed by atoms with Gasteiger partial charge in [0.1, 0.15) is 18.7 Å². The molecule has 0 bridgehead atoms. The first-order valence-electron chi connectivity index (χ1n) is 4.51. The molecule has 1 aromatic heterocycles. The van der Waals surface area contributed by atoms with Crippen LogP contribution in [0.15, 0.2) is 12.7 Å². The normalized spacial score (nSPS) is 12.6. The molecule has 6 nitrogen and oxygen atoms in total. The highest BCUT2D eigenvalue weighted by molar-refractivity contribution is 5.72. The van der Waals surface area contributed by atoms with Gasteiger partial charge in [-0.1, -0.05) is 0 Å². The van der Waals surface area contributed by atoms with E-state index in [9.17, 15) is 4.79 Å². The highest BCUT2D eigenvalue weighted by Crippen LogP contribution is 2.00. The van der Waals surface area contributed by atoms with Gasteiger partial charge in [0, 0.05) is 6.54 Å². The number of hydrogen-bond acceptors (Lipinski definition) is 4. The van der Waals surface area contributed by atoms with E-state index in [-0.39, 0.29) is 0 Å². The molecule has 78 valence electrons. The van der Waals surface area contributed by atoms with Crippen LogP contribution in [-0.4, -0.2) is 31.9 Å². The second kappa shape index (κ2) is 5.33. The number of rotatable bonds is 6. The summed E-state index contributed by atoms with van der Waals surface area (Å²) in [6.45, 7) is 0.756. The quantitative estimate of drug-likeness (QED) is 0.620. The summed E-state index contributed by atoms with van der Waals surface area (Å²) in [4.78, 5) is 14.2. The van der Waals surface area contributed by atoms with Crippen LogP contribution < -0.4 is 5.73 Å². The highest BCUT2D eigenvalue weighted by atomic mass is 16.4. The van der Waals surface area contributed by atoms with Crippen molar-refractivity contribution in [3.8, 4) is 0 Å². The largest absolute Gasteiger partial charge is 0.480 e. The van der Waals surface area contributed by atoms with E-state index in [1.165, 1.54) is 6.33 Å². The lowest BCUT2D eigenvalue weighted by molar-refractivity contribution is -0.138. The van der Waals surface area contributed by atoms with Crippen LogP contribution in [-0.2, 0) is 11.3 Å². The van der Waals surface area contributed by atoms with Crippen molar-refractivity contribution >= 4 is 5.97 Å². The van der Waals surface area contributed by atoms with Crippen LogP contribution in [0.2, 0.25) is 0 Å². The third-order valence-corrected chi connectivity index (χ3v) is 1.94. The van der Waals surface area contributed by atoms with Gasteiger partial charge in [-0.25, -0.2) is 4.98 Å². The zero-order valence-corrected chi connectivity index (χ0v) is 7.83. The second-order valence-corrected chi connectivity index (χ2v) is 3.10. The fourth-order valence-electron chi connectivity index (χ4n) is 1.11. The Morgan fingerprint density at radius 2 is 2.36 bits per heavy atom. The lowest BCUT2D eigenvalue weighted by atomic mass is 10.1. The van der Waals surface area contributed by atoms with E-state index in [1.54, 1.807) is 11.0 Å². The fourth-order valence-corrected chi connectivity index (χ4v) is 1.11. The molecule has 0 aliphatic rings. The summed E-state index contributed by atoms with van der Waals surface area (Å²) in [6, 6.07) is -0.745. The number of carboxylic acids is 1. The van der Waals surface area contributed by atoms with E-state index in [2.05, 4.69) is 10.1 Å². The summed E-state index contributed by atoms with van der Waals surface area (Å²) in [5.41, 5.74) is 5.34. The Labute approximate surface area is 81.7 Å². The Morgan fingerprint density at radius 1 is 1.57 bits per heavy atom. The van der Waals surface area contributed by atoms with E-state index in [1.807, 2.05) is 0 Å². The summed E-state index contributed by atoms with van der Waals surface area (Å²) >= 11 is 0. The maximum absolute atomic E-state index is 10.4. The van der Waals surface area contributed by atoms with Crippen molar-refractivity contribution in [3.63, 3.8) is 0 Å². The number of nitrogens with zero attached hydrogens (tertiary/aromatic N) is 3. The number of hydrogen-bond donors (Lipinski definition) is 2. The molecule has 0 saturated heterocycles. The average molecular weight is 198 g/mol. The van der Waals surface area contributed by atoms with Gasteiger partial charge in [-0.2, -0.15) is 5.10 Å². The number of carboxylic acid groups (broad SMARTS) is 1. The van der Waals surface area contributed by atoms with Crippen LogP contribution in [0.25, 0.3) is 0 Å². The lowest BCUT2D eigenvalue weighted by Gasteiger charge is -2.05. The van der Waals surface area contributed by atoms with Crippen LogP contribution in [0.3, 0.4) is 0 Å². The number of unbranched alkanes of at least 4 members (excludes halogenated alkanes) is 1. The summed E-state index contributed by atoms with van der Waals surface area (Å²) in [5.74, 6) is -0.939. The second-order valence-electron chi connectivity index (χ2n) is 3.10. The van der Waals surface area contributed by atoms with E-state index >= 15 is 0 Å². The average Bonchev–Trinajstić information content (AvgIpc) is 2.64. The Balaban J connectivity index is 2.08. The third-order valence-electron chi connectivity index (χ3n) is 1.94. The van der Waals surface area contributed by atoms with Gasteiger partial charge in [-0.05, 0) is 19.3 Å². The third kappa shape index (κ3) is 3.53. The summed E-state index contributed by atoms with van der Waals surface area (Å²) in [7, 11) is 0. The Hall–Kier alpha value is -1.43. The van der Waals surface area contributed by atoms with E-state index < -0.39 is 12.0 Å². The smallest absolute Gasteiger partial charge is 0.320 e. The predicted octanol–water partition coefficient (Wildman–Crippen LogP) is -0.140. The summed E-state index contributed by atoms with van der Waals surface area (Å²) < 4.78 is 1.71. The van der Waals surface area contributed by atoms with Gasteiger partial charge in [-0.3, -0.25) is 9.48 Å². The number of aryl methyl sites for hydroxylation is 1. The molecule has 0 saturated carbocycles. The zero-order chi connectivity index (χ0) is 10.4. The van der Waals surface area contributed by atoms with Crippen LogP contribution in [0, 0.1) is 0 Å². The molecule has 1 rings (SSSR count). The van der Waals surface area contributed by atoms with Crippen molar-refractivity contribution < 1.29 is 9.90 Å². The minimum absolute atomic E-state index is 0.504. The molecule has 14 heavy (non-hydrogen) atoms. The Bertz CT molecular complexity index is 273. The number of aliphatic carboxylic acids is 1. The van der Waals surface area contributed by atoms with E-state index in [0.29, 0.717) is 6.42 Å². The van der Waals surface area contributed by atoms with Gasteiger partial charge >= 0.3 is 5.97 Å². The summed E-state index contributed by atoms with van der Waals surface area (Å²) in [5, 5.41) is 12.4. The topological polar surface area (TPSA) is 94.0 Å². The molecule has 0 amide bonds. The molecule has 6 heteroatoms. The van der Waals surface area contributed by atoms with Crippen molar-refractivity contribution in [2.45, 2.75) is 31.8 Å². The number of nitrogens with two attached hydrogens (primary N) is 1. The van der Waals surface area contributed by atoms with Crippen molar-refractivity contribution in [2.75, 3.05) is 0 Å². The number of carbonyl (C=O) groups is 1. The Kier molecular flexibility index (Phi) is 4.06. The molecule has 0 fully saturated rings. The minimum atomic E-state index is -0.939. The zero-order valence-electron chi connectivity index (χ0n) is 7.83. The standard InChI is InChI=1S/C8H14N4O2/c9-7(8(13)14)3-1-2-4-12-6-10-5-11-12/h5-7H,1-4,9H2,(H,13,14). The van der Waals surface area contributed by atoms with Gasteiger partial charge in [0.2, 0.25) is 0 Å². The molecule has 3 N–H and O–H groups in total. The SMILES string of the molecule is NC(CCCCn1cncn1)C(=O)O. The van der Waals surface area contributed by atoms with Crippen LogP contribution in [0.1, 0.15) is 19.3 Å². The summed E-state index contributed by atoms with van der Waals surface area (Å²) in [6.07, 6.45) is 5.27. The van der Waals surface area contributed by atoms with Gasteiger partial charge in [0.15, 0.2) is 0 Å². The monoisotopic (exact) mass is 198 g/mol. The number of aromatic nitrogens is 3. The predicted molar refractivity (Wildman–Crippen MR) is 49.5 cm³/mol. The van der Waals surface area contributed by atoms with E-state index in [4.69, 9.17) is 10.8 Å². The molecule has 1 aromatic rings. The molecule has 0 spiro atoms. The maximum Gasteiger partial charge on any atom is 0.320 e. The van der Waals surface area contributed by atoms with Crippen molar-refractivity contribution in [2.24, 2.45) is 5.73 Å². The molecule has 1 atom stereocenters. The lowest BCUT2D eigenvalue weighted by Crippen LogP contribution is -2.29. The van der Waals surface area contributed by atoms with Crippen molar-refractivity contribution in [3.05, 3.63) is 12.7 Å². The molecule has 0 aliphatic heterocycles. The molecule has 1 heterocycles. The van der Waals surface area contributed by atoms with Crippen LogP contribution >= 0.6 is 0 Å². The Morgan fingerprint density at radius 3 is 2.93 bits per heavy atom. The van der Waals surface area contributed by atoms with Gasteiger partial charge < -0.3 is 10.8 Å². The first-order valence-corrected chi connectivity index (χ1v) is 4.51. The molecular formula is C8H14N4O2. The molecule has 0 aliphatic carbocycles. The molecule has 0 aromatic carbocycles. The highest BCUT2D eigenvalue weighted by Gasteiger charge is 2.09. The first kappa shape index (κ1) is 10.6. The van der Waals surface area contributed by atoms with Gasteiger partial charge in [0.25, 0.3) is 0 Å². The van der Waals surface area contributed by atoms with Gasteiger partial charge in [0.05, 0.1) is 0 Å². The fraction of sp³-hybridized carbons (Fsp3) is 0.625. The molecular weight excluding hydrogens is 184 g/mol. The molecule has 0 radical (unpaired) electrons. The van der Waals surface area contributed by atoms with Crippen molar-refractivity contribution in [1.29, 1.82) is 0 Å². The molecule has 1 unspecified atom stereocenters. The van der Waals surface area contributed by atoms with E-state index in [0.717, 1.165) is 19.4 Å². The van der Waals surface area contributed by atoms with Crippen LogP contribution in [0.4, 0.5) is 0 Å².